The van der Waals surface area contributed by atoms with Crippen LogP contribution in [0.25, 0.3) is 6.08 Å². The maximum absolute atomic E-state index is 12.6. The number of allylic oxidation sites excluding steroid dienone is 1. The number of benzene rings is 1. The van der Waals surface area contributed by atoms with Gasteiger partial charge in [0.05, 0.1) is 32.1 Å². The Kier molecular flexibility index (Phi) is 8.61. The fourth-order valence-corrected chi connectivity index (χ4v) is 3.72. The van der Waals surface area contributed by atoms with Gasteiger partial charge < -0.3 is 19.1 Å². The molecule has 4 rings (SSSR count). The van der Waals surface area contributed by atoms with Crippen LogP contribution in [0, 0.1) is 0 Å². The number of carbonyl (C=O) groups excluding carboxylic acids is 2. The average molecular weight is 467 g/mol. The largest absolute Gasteiger partial charge is 0.448 e. The Balaban J connectivity index is 1.25. The maximum Gasteiger partial charge on any atom is 0.411 e. The van der Waals surface area contributed by atoms with Crippen molar-refractivity contribution >= 4 is 29.5 Å². The van der Waals surface area contributed by atoms with Crippen molar-refractivity contribution in [3.05, 3.63) is 59.8 Å². The van der Waals surface area contributed by atoms with Crippen LogP contribution in [0.5, 0.6) is 0 Å². The van der Waals surface area contributed by atoms with E-state index in [-0.39, 0.29) is 5.78 Å². The molecule has 1 N–H and O–H groups in total. The normalized spacial score (nSPS) is 17.0. The average Bonchev–Trinajstić information content (AvgIpc) is 2.89. The fourth-order valence-electron chi connectivity index (χ4n) is 3.72. The number of nitrogens with one attached hydrogen (secondary N) is 1. The van der Waals surface area contributed by atoms with Crippen LogP contribution >= 0.6 is 0 Å². The molecule has 1 amide bonds. The quantitative estimate of drug-likeness (QED) is 0.469. The van der Waals surface area contributed by atoms with Crippen LogP contribution in [0.15, 0.2) is 48.5 Å². The highest BCUT2D eigenvalue weighted by molar-refractivity contribution is 6.07. The molecule has 34 heavy (non-hydrogen) atoms. The minimum atomic E-state index is -0.515. The molecule has 2 aliphatic rings. The number of hydrogen-bond donors (Lipinski definition) is 1. The maximum atomic E-state index is 12.6. The van der Waals surface area contributed by atoms with Crippen molar-refractivity contribution in [3.63, 3.8) is 0 Å². The summed E-state index contributed by atoms with van der Waals surface area (Å²) in [5.74, 6) is 0.739. The van der Waals surface area contributed by atoms with E-state index in [0.29, 0.717) is 50.8 Å². The molecular weight excluding hydrogens is 436 g/mol. The zero-order valence-electron chi connectivity index (χ0n) is 19.2. The van der Waals surface area contributed by atoms with Gasteiger partial charge in [0.1, 0.15) is 12.4 Å². The van der Waals surface area contributed by atoms with Crippen LogP contribution in [0.2, 0.25) is 0 Å². The molecular formula is C25H30N4O5. The summed E-state index contributed by atoms with van der Waals surface area (Å²) >= 11 is 0. The lowest BCUT2D eigenvalue weighted by Gasteiger charge is -2.27. The van der Waals surface area contributed by atoms with Gasteiger partial charge in [-0.3, -0.25) is 15.0 Å². The molecule has 2 aliphatic heterocycles. The summed E-state index contributed by atoms with van der Waals surface area (Å²) in [4.78, 5) is 33.6. The molecule has 9 nitrogen and oxygen atoms in total. The Bertz CT molecular complexity index is 983. The SMILES string of the molecule is O=C(Nc1ccc(C(=O)C=Cc2cccc(N3CCOCC3)n2)cc1)OCCN1CCOCC1. The molecule has 0 spiro atoms. The number of ketones is 1. The number of pyridine rings is 1. The summed E-state index contributed by atoms with van der Waals surface area (Å²) in [6.45, 7) is 7.12. The number of ether oxygens (including phenoxy) is 3. The predicted octanol–water partition coefficient (Wildman–Crippen LogP) is 2.70. The standard InChI is InChI=1S/C25H30N4O5/c30-23(9-8-21-2-1-3-24(26-21)29-13-17-33-18-14-29)20-4-6-22(7-5-20)27-25(31)34-19-12-28-10-15-32-16-11-28/h1-9H,10-19H2,(H,27,31). The van der Waals surface area contributed by atoms with Gasteiger partial charge >= 0.3 is 6.09 Å². The number of nitrogens with zero attached hydrogens (tertiary/aromatic N) is 3. The lowest BCUT2D eigenvalue weighted by molar-refractivity contribution is 0.0290. The highest BCUT2D eigenvalue weighted by atomic mass is 16.5. The number of anilines is 2. The van der Waals surface area contributed by atoms with Gasteiger partial charge in [0.2, 0.25) is 0 Å². The Morgan fingerprint density at radius 2 is 1.68 bits per heavy atom. The summed E-state index contributed by atoms with van der Waals surface area (Å²) in [5, 5.41) is 2.68. The van der Waals surface area contributed by atoms with Gasteiger partial charge in [0, 0.05) is 44.0 Å². The summed E-state index contributed by atoms with van der Waals surface area (Å²) < 4.78 is 15.9. The van der Waals surface area contributed by atoms with Gasteiger partial charge in [-0.25, -0.2) is 9.78 Å². The molecule has 0 atom stereocenters. The van der Waals surface area contributed by atoms with E-state index in [2.05, 4.69) is 20.1 Å². The third-order valence-corrected chi connectivity index (χ3v) is 5.66. The highest BCUT2D eigenvalue weighted by Gasteiger charge is 2.13. The molecule has 9 heteroatoms. The van der Waals surface area contributed by atoms with Crippen LogP contribution in [0.3, 0.4) is 0 Å². The second-order valence-corrected chi connectivity index (χ2v) is 8.01. The highest BCUT2D eigenvalue weighted by Crippen LogP contribution is 2.15. The molecule has 0 bridgehead atoms. The van der Waals surface area contributed by atoms with Gasteiger partial charge in [-0.1, -0.05) is 6.07 Å². The Hall–Kier alpha value is -3.27. The van der Waals surface area contributed by atoms with Gasteiger partial charge in [-0.2, -0.15) is 0 Å². The van der Waals surface area contributed by atoms with Crippen molar-refractivity contribution in [2.45, 2.75) is 0 Å². The molecule has 1 aromatic carbocycles. The molecule has 2 fully saturated rings. The zero-order chi connectivity index (χ0) is 23.6. The smallest absolute Gasteiger partial charge is 0.411 e. The number of amides is 1. The first-order valence-corrected chi connectivity index (χ1v) is 11.5. The van der Waals surface area contributed by atoms with Crippen molar-refractivity contribution in [1.29, 1.82) is 0 Å². The first kappa shape index (κ1) is 23.9. The fraction of sp³-hybridized carbons (Fsp3) is 0.400. The number of morpholine rings is 2. The van der Waals surface area contributed by atoms with Crippen molar-refractivity contribution in [3.8, 4) is 0 Å². The lowest BCUT2D eigenvalue weighted by atomic mass is 10.1. The van der Waals surface area contributed by atoms with Crippen LogP contribution in [0.1, 0.15) is 16.1 Å². The van der Waals surface area contributed by atoms with E-state index >= 15 is 0 Å². The van der Waals surface area contributed by atoms with Gasteiger partial charge in [-0.15, -0.1) is 0 Å². The van der Waals surface area contributed by atoms with Crippen LogP contribution in [-0.2, 0) is 14.2 Å². The van der Waals surface area contributed by atoms with Crippen molar-refractivity contribution in [1.82, 2.24) is 9.88 Å². The molecule has 1 aromatic heterocycles. The minimum absolute atomic E-state index is 0.141. The van der Waals surface area contributed by atoms with Crippen molar-refractivity contribution in [2.75, 3.05) is 76.0 Å². The molecule has 2 aromatic rings. The van der Waals surface area contributed by atoms with E-state index in [9.17, 15) is 9.59 Å². The molecule has 2 saturated heterocycles. The molecule has 3 heterocycles. The van der Waals surface area contributed by atoms with Gasteiger partial charge in [0.15, 0.2) is 5.78 Å². The van der Waals surface area contributed by atoms with E-state index in [1.165, 1.54) is 6.08 Å². The van der Waals surface area contributed by atoms with E-state index in [1.54, 1.807) is 30.3 Å². The summed E-state index contributed by atoms with van der Waals surface area (Å²) in [6, 6.07) is 12.5. The number of aromatic nitrogens is 1. The lowest BCUT2D eigenvalue weighted by Crippen LogP contribution is -2.38. The molecule has 0 radical (unpaired) electrons. The van der Waals surface area contributed by atoms with Gasteiger partial charge in [0.25, 0.3) is 0 Å². The first-order chi connectivity index (χ1) is 16.7. The summed E-state index contributed by atoms with van der Waals surface area (Å²) in [6.07, 6.45) is 2.70. The topological polar surface area (TPSA) is 93.2 Å². The van der Waals surface area contributed by atoms with Crippen LogP contribution < -0.4 is 10.2 Å². The molecule has 180 valence electrons. The second kappa shape index (κ2) is 12.3. The molecule has 0 saturated carbocycles. The number of rotatable bonds is 8. The van der Waals surface area contributed by atoms with Crippen molar-refractivity contribution in [2.24, 2.45) is 0 Å². The monoisotopic (exact) mass is 466 g/mol. The minimum Gasteiger partial charge on any atom is -0.448 e. The number of carbonyl (C=O) groups is 2. The van der Waals surface area contributed by atoms with Gasteiger partial charge in [-0.05, 0) is 48.6 Å². The van der Waals surface area contributed by atoms with E-state index in [1.807, 2.05) is 18.2 Å². The zero-order valence-corrected chi connectivity index (χ0v) is 19.2. The summed E-state index contributed by atoms with van der Waals surface area (Å²) in [7, 11) is 0. The van der Waals surface area contributed by atoms with Crippen molar-refractivity contribution < 1.29 is 23.8 Å². The van der Waals surface area contributed by atoms with E-state index in [4.69, 9.17) is 14.2 Å². The Morgan fingerprint density at radius 1 is 0.971 bits per heavy atom. The van der Waals surface area contributed by atoms with Crippen LogP contribution in [-0.4, -0.2) is 87.5 Å². The predicted molar refractivity (Wildman–Crippen MR) is 129 cm³/mol. The Morgan fingerprint density at radius 3 is 2.41 bits per heavy atom. The summed E-state index contributed by atoms with van der Waals surface area (Å²) in [5.41, 5.74) is 1.80. The molecule has 0 unspecified atom stereocenters. The first-order valence-electron chi connectivity index (χ1n) is 11.5. The second-order valence-electron chi connectivity index (χ2n) is 8.01. The third kappa shape index (κ3) is 7.11. The Labute approximate surface area is 199 Å². The van der Waals surface area contributed by atoms with Crippen LogP contribution in [0.4, 0.5) is 16.3 Å². The van der Waals surface area contributed by atoms with E-state index < -0.39 is 6.09 Å². The third-order valence-electron chi connectivity index (χ3n) is 5.66. The number of hydrogen-bond acceptors (Lipinski definition) is 8. The van der Waals surface area contributed by atoms with E-state index in [0.717, 1.165) is 37.7 Å². The molecule has 0 aliphatic carbocycles.